The summed E-state index contributed by atoms with van der Waals surface area (Å²) in [5.74, 6) is 2.39. The Bertz CT molecular complexity index is 408. The molecule has 1 fully saturated rings. The van der Waals surface area contributed by atoms with E-state index >= 15 is 0 Å². The van der Waals surface area contributed by atoms with Gasteiger partial charge in [-0.2, -0.15) is 16.7 Å². The molecule has 0 aromatic carbocycles. The van der Waals surface area contributed by atoms with Gasteiger partial charge in [-0.1, -0.05) is 25.9 Å². The van der Waals surface area contributed by atoms with Crippen molar-refractivity contribution in [3.63, 3.8) is 0 Å². The first-order valence-electron chi connectivity index (χ1n) is 6.34. The molecule has 0 radical (unpaired) electrons. The summed E-state index contributed by atoms with van der Waals surface area (Å²) in [6.07, 6.45) is 0.786. The summed E-state index contributed by atoms with van der Waals surface area (Å²) in [5.41, 5.74) is 5.60. The molecule has 1 saturated heterocycles. The van der Waals surface area contributed by atoms with E-state index < -0.39 is 5.54 Å². The minimum absolute atomic E-state index is 0.325. The molecule has 18 heavy (non-hydrogen) atoms. The molecular formula is C12H21N3OS2. The number of thioether (sulfide) groups is 2. The molecule has 4 unspecified atom stereocenters. The second-order valence-corrected chi connectivity index (χ2v) is 8.09. The van der Waals surface area contributed by atoms with Crippen LogP contribution in [0, 0.1) is 0 Å². The van der Waals surface area contributed by atoms with Crippen molar-refractivity contribution in [2.24, 2.45) is 5.73 Å². The zero-order valence-corrected chi connectivity index (χ0v) is 13.0. The minimum atomic E-state index is -0.517. The molecule has 4 nitrogen and oxygen atoms in total. The van der Waals surface area contributed by atoms with Gasteiger partial charge in [-0.15, -0.1) is 11.8 Å². The predicted molar refractivity (Wildman–Crippen MR) is 77.8 cm³/mol. The smallest absolute Gasteiger partial charge is 0.246 e. The van der Waals surface area contributed by atoms with Gasteiger partial charge < -0.3 is 10.3 Å². The first kappa shape index (κ1) is 14.2. The van der Waals surface area contributed by atoms with Crippen molar-refractivity contribution in [1.29, 1.82) is 0 Å². The zero-order chi connectivity index (χ0) is 13.3. The van der Waals surface area contributed by atoms with Gasteiger partial charge in [-0.25, -0.2) is 0 Å². The van der Waals surface area contributed by atoms with E-state index in [9.17, 15) is 0 Å². The van der Waals surface area contributed by atoms with Gasteiger partial charge in [0.15, 0.2) is 5.82 Å². The Morgan fingerprint density at radius 3 is 2.78 bits per heavy atom. The van der Waals surface area contributed by atoms with Crippen molar-refractivity contribution in [3.05, 3.63) is 11.7 Å². The summed E-state index contributed by atoms with van der Waals surface area (Å²) in [7, 11) is 0. The molecule has 2 N–H and O–H groups in total. The van der Waals surface area contributed by atoms with Gasteiger partial charge >= 0.3 is 0 Å². The van der Waals surface area contributed by atoms with Gasteiger partial charge in [0, 0.05) is 16.3 Å². The van der Waals surface area contributed by atoms with E-state index in [1.54, 1.807) is 0 Å². The predicted octanol–water partition coefficient (Wildman–Crippen LogP) is 2.95. The SMILES string of the molecule is CCC(C)(N)c1nc(C2CSC(C)C(C)S2)no1. The fourth-order valence-electron chi connectivity index (χ4n) is 1.67. The maximum absolute atomic E-state index is 6.12. The van der Waals surface area contributed by atoms with Crippen LogP contribution >= 0.6 is 23.5 Å². The lowest BCUT2D eigenvalue weighted by molar-refractivity contribution is 0.290. The molecule has 0 bridgehead atoms. The monoisotopic (exact) mass is 287 g/mol. The normalized spacial score (nSPS) is 32.2. The highest BCUT2D eigenvalue weighted by molar-refractivity contribution is 8.07. The molecule has 1 aromatic rings. The van der Waals surface area contributed by atoms with Crippen molar-refractivity contribution >= 4 is 23.5 Å². The zero-order valence-electron chi connectivity index (χ0n) is 11.3. The summed E-state index contributed by atoms with van der Waals surface area (Å²) < 4.78 is 5.33. The Balaban J connectivity index is 2.11. The number of nitrogens with two attached hydrogens (primary N) is 1. The number of rotatable bonds is 3. The summed E-state index contributed by atoms with van der Waals surface area (Å²) in [5, 5.41) is 5.74. The van der Waals surface area contributed by atoms with E-state index in [-0.39, 0.29) is 0 Å². The van der Waals surface area contributed by atoms with Crippen molar-refractivity contribution < 1.29 is 4.52 Å². The molecule has 6 heteroatoms. The van der Waals surface area contributed by atoms with E-state index in [0.29, 0.717) is 21.6 Å². The van der Waals surface area contributed by atoms with E-state index in [4.69, 9.17) is 10.3 Å². The van der Waals surface area contributed by atoms with Crippen LogP contribution in [0.3, 0.4) is 0 Å². The van der Waals surface area contributed by atoms with Crippen LogP contribution < -0.4 is 5.73 Å². The van der Waals surface area contributed by atoms with E-state index in [1.807, 2.05) is 37.4 Å². The average Bonchev–Trinajstić information content (AvgIpc) is 2.83. The molecule has 0 amide bonds. The van der Waals surface area contributed by atoms with E-state index in [1.165, 1.54) is 0 Å². The maximum atomic E-state index is 6.12. The third-order valence-electron chi connectivity index (χ3n) is 3.50. The highest BCUT2D eigenvalue weighted by Crippen LogP contribution is 2.43. The first-order chi connectivity index (χ1) is 8.44. The molecular weight excluding hydrogens is 266 g/mol. The summed E-state index contributed by atoms with van der Waals surface area (Å²) >= 11 is 3.91. The molecule has 1 aromatic heterocycles. The van der Waals surface area contributed by atoms with E-state index in [2.05, 4.69) is 24.0 Å². The lowest BCUT2D eigenvalue weighted by Gasteiger charge is -2.29. The quantitative estimate of drug-likeness (QED) is 0.922. The lowest BCUT2D eigenvalue weighted by Crippen LogP contribution is -2.32. The molecule has 102 valence electrons. The molecule has 2 heterocycles. The maximum Gasteiger partial charge on any atom is 0.246 e. The Labute approximate surface area is 117 Å². The number of nitrogens with zero attached hydrogens (tertiary/aromatic N) is 2. The Kier molecular flexibility index (Phi) is 4.29. The molecule has 1 aliphatic rings. The Morgan fingerprint density at radius 2 is 2.17 bits per heavy atom. The number of aromatic nitrogens is 2. The highest BCUT2D eigenvalue weighted by atomic mass is 32.2. The van der Waals surface area contributed by atoms with E-state index in [0.717, 1.165) is 18.0 Å². The van der Waals surface area contributed by atoms with Crippen molar-refractivity contribution in [2.45, 2.75) is 55.4 Å². The van der Waals surface area contributed by atoms with Crippen LogP contribution in [0.4, 0.5) is 0 Å². The number of hydrogen-bond donors (Lipinski definition) is 1. The molecule has 0 aliphatic carbocycles. The highest BCUT2D eigenvalue weighted by Gasteiger charge is 2.32. The van der Waals surface area contributed by atoms with Crippen LogP contribution in [-0.2, 0) is 5.54 Å². The summed E-state index contributed by atoms with van der Waals surface area (Å²) in [4.78, 5) is 4.50. The van der Waals surface area contributed by atoms with Crippen molar-refractivity contribution in [2.75, 3.05) is 5.75 Å². The lowest BCUT2D eigenvalue weighted by atomic mass is 10.0. The number of hydrogen-bond acceptors (Lipinski definition) is 6. The van der Waals surface area contributed by atoms with Gasteiger partial charge in [0.1, 0.15) is 0 Å². The molecule has 1 aliphatic heterocycles. The van der Waals surface area contributed by atoms with Crippen LogP contribution in [0.1, 0.15) is 51.1 Å². The summed E-state index contributed by atoms with van der Waals surface area (Å²) in [6, 6.07) is 0. The largest absolute Gasteiger partial charge is 0.337 e. The van der Waals surface area contributed by atoms with Crippen LogP contribution in [0.2, 0.25) is 0 Å². The second-order valence-electron chi connectivity index (χ2n) is 5.10. The van der Waals surface area contributed by atoms with Crippen LogP contribution in [0.25, 0.3) is 0 Å². The third-order valence-corrected chi connectivity index (χ3v) is 6.89. The fraction of sp³-hybridized carbons (Fsp3) is 0.833. The standard InChI is InChI=1S/C12H21N3OS2/c1-5-12(4,13)11-14-10(15-16-11)9-6-17-7(2)8(3)18-9/h7-9H,5-6,13H2,1-4H3. The van der Waals surface area contributed by atoms with Crippen molar-refractivity contribution in [3.8, 4) is 0 Å². The van der Waals surface area contributed by atoms with Crippen LogP contribution in [0.5, 0.6) is 0 Å². The third kappa shape index (κ3) is 2.86. The average molecular weight is 287 g/mol. The topological polar surface area (TPSA) is 64.9 Å². The second kappa shape index (κ2) is 5.43. The molecule has 2 rings (SSSR count). The minimum Gasteiger partial charge on any atom is -0.337 e. The molecule has 4 atom stereocenters. The van der Waals surface area contributed by atoms with Gasteiger partial charge in [0.25, 0.3) is 0 Å². The van der Waals surface area contributed by atoms with Gasteiger partial charge in [-0.05, 0) is 13.3 Å². The van der Waals surface area contributed by atoms with Gasteiger partial charge in [-0.3, -0.25) is 0 Å². The molecule has 0 saturated carbocycles. The Morgan fingerprint density at radius 1 is 1.44 bits per heavy atom. The van der Waals surface area contributed by atoms with Crippen LogP contribution in [0.15, 0.2) is 4.52 Å². The fourth-order valence-corrected chi connectivity index (χ4v) is 4.50. The Hall–Kier alpha value is -0.200. The van der Waals surface area contributed by atoms with Crippen LogP contribution in [-0.4, -0.2) is 26.4 Å². The first-order valence-corrected chi connectivity index (χ1v) is 8.33. The van der Waals surface area contributed by atoms with Gasteiger partial charge in [0.05, 0.1) is 10.8 Å². The summed E-state index contributed by atoms with van der Waals surface area (Å²) in [6.45, 7) is 8.49. The molecule has 0 spiro atoms. The van der Waals surface area contributed by atoms with Crippen molar-refractivity contribution in [1.82, 2.24) is 10.1 Å². The van der Waals surface area contributed by atoms with Gasteiger partial charge in [0.2, 0.25) is 5.89 Å².